The number of hydrogen-bond acceptors (Lipinski definition) is 4. The van der Waals surface area contributed by atoms with E-state index in [-0.39, 0.29) is 30.6 Å². The number of carbonyl (C=O) groups excluding carboxylic acids is 1. The lowest BCUT2D eigenvalue weighted by molar-refractivity contribution is -0.131. The Morgan fingerprint density at radius 2 is 2.04 bits per heavy atom. The molecule has 3 saturated carbocycles. The molecule has 0 aliphatic heterocycles. The third-order valence-electron chi connectivity index (χ3n) is 6.48. The molecule has 5 nitrogen and oxygen atoms in total. The van der Waals surface area contributed by atoms with Gasteiger partial charge in [0.15, 0.2) is 6.61 Å². The minimum atomic E-state index is -0.374. The lowest BCUT2D eigenvalue weighted by atomic mass is 9.89. The Balaban J connectivity index is 1.54. The average molecular weight is 363 g/mol. The number of nitrogens with zero attached hydrogens (tertiary/aromatic N) is 1. The van der Waals surface area contributed by atoms with Crippen molar-refractivity contribution in [1.82, 2.24) is 4.90 Å². The minimum absolute atomic E-state index is 0.0443. The summed E-state index contributed by atoms with van der Waals surface area (Å²) in [6.45, 7) is 0.0748. The zero-order valence-corrected chi connectivity index (χ0v) is 16.0. The van der Waals surface area contributed by atoms with Crippen LogP contribution in [0, 0.1) is 23.7 Å². The van der Waals surface area contributed by atoms with Crippen molar-refractivity contribution in [2.45, 2.75) is 57.2 Å². The molecule has 0 heterocycles. The van der Waals surface area contributed by atoms with Crippen molar-refractivity contribution < 1.29 is 19.7 Å². The summed E-state index contributed by atoms with van der Waals surface area (Å²) >= 11 is 0. The summed E-state index contributed by atoms with van der Waals surface area (Å²) in [6.07, 6.45) is 12.4. The molecule has 26 heavy (non-hydrogen) atoms. The molecule has 0 aromatic rings. The topological polar surface area (TPSA) is 70.0 Å². The second-order valence-electron chi connectivity index (χ2n) is 8.51. The Morgan fingerprint density at radius 3 is 2.73 bits per heavy atom. The average Bonchev–Trinajstić information content (AvgIpc) is 3.29. The molecule has 3 rings (SSSR count). The Bertz CT molecular complexity index is 550. The first-order valence-corrected chi connectivity index (χ1v) is 10.00. The Morgan fingerprint density at radius 1 is 1.31 bits per heavy atom. The second-order valence-corrected chi connectivity index (χ2v) is 8.51. The van der Waals surface area contributed by atoms with E-state index in [1.807, 2.05) is 6.08 Å². The normalized spacial score (nSPS) is 34.5. The van der Waals surface area contributed by atoms with Crippen molar-refractivity contribution in [3.8, 4) is 0 Å². The number of aliphatic hydroxyl groups excluding tert-OH is 2. The quantitative estimate of drug-likeness (QED) is 0.562. The third kappa shape index (κ3) is 4.49. The standard InChI is InChI=1S/C21H33NO4/c1-22(2)21(25)13-26-12-14-9-16-11-20(24)17(18(16)10-14)7-8-19(23)15-5-3-4-6-15/h7-8,12,15-20,23-24H,3-6,9-11,13H2,1-2H3/b8-7+,14-12+/t16-,17+,18-,19+,20+/m0/s1. The van der Waals surface area contributed by atoms with Gasteiger partial charge in [-0.15, -0.1) is 0 Å². The number of aliphatic hydroxyl groups is 2. The van der Waals surface area contributed by atoms with Crippen molar-refractivity contribution in [2.75, 3.05) is 20.7 Å². The number of fused-ring (bicyclic) bond motifs is 1. The molecule has 0 unspecified atom stereocenters. The van der Waals surface area contributed by atoms with Crippen molar-refractivity contribution >= 4 is 5.91 Å². The maximum absolute atomic E-state index is 11.6. The molecule has 1 amide bonds. The Labute approximate surface area is 156 Å². The number of rotatable bonds is 6. The highest BCUT2D eigenvalue weighted by Crippen LogP contribution is 2.50. The van der Waals surface area contributed by atoms with Crippen LogP contribution in [0.1, 0.15) is 44.9 Å². The van der Waals surface area contributed by atoms with Crippen LogP contribution in [0.25, 0.3) is 0 Å². The van der Waals surface area contributed by atoms with Crippen LogP contribution in [-0.2, 0) is 9.53 Å². The summed E-state index contributed by atoms with van der Waals surface area (Å²) in [5, 5.41) is 20.8. The van der Waals surface area contributed by atoms with Gasteiger partial charge < -0.3 is 19.8 Å². The third-order valence-corrected chi connectivity index (χ3v) is 6.48. The van der Waals surface area contributed by atoms with Crippen LogP contribution in [-0.4, -0.2) is 53.9 Å². The molecule has 146 valence electrons. The number of likely N-dealkylation sites (N-methyl/N-ethyl adjacent to an activating group) is 1. The number of amides is 1. The van der Waals surface area contributed by atoms with Crippen LogP contribution < -0.4 is 0 Å². The first kappa shape index (κ1) is 19.4. The van der Waals surface area contributed by atoms with Gasteiger partial charge in [0, 0.05) is 20.0 Å². The van der Waals surface area contributed by atoms with E-state index in [0.29, 0.717) is 17.8 Å². The summed E-state index contributed by atoms with van der Waals surface area (Å²) < 4.78 is 5.46. The first-order chi connectivity index (χ1) is 12.5. The van der Waals surface area contributed by atoms with Gasteiger partial charge in [0.1, 0.15) is 0 Å². The molecule has 5 heteroatoms. The predicted molar refractivity (Wildman–Crippen MR) is 100 cm³/mol. The molecule has 0 aromatic heterocycles. The van der Waals surface area contributed by atoms with Crippen LogP contribution in [0.15, 0.2) is 24.0 Å². The van der Waals surface area contributed by atoms with Crippen LogP contribution in [0.3, 0.4) is 0 Å². The van der Waals surface area contributed by atoms with E-state index < -0.39 is 0 Å². The van der Waals surface area contributed by atoms with Gasteiger partial charge in [-0.1, -0.05) is 25.0 Å². The van der Waals surface area contributed by atoms with Gasteiger partial charge in [0.2, 0.25) is 0 Å². The minimum Gasteiger partial charge on any atom is -0.491 e. The molecule has 3 aliphatic carbocycles. The summed E-state index contributed by atoms with van der Waals surface area (Å²) in [4.78, 5) is 13.1. The van der Waals surface area contributed by atoms with Crippen LogP contribution in [0.4, 0.5) is 0 Å². The van der Waals surface area contributed by atoms with Crippen LogP contribution in [0.2, 0.25) is 0 Å². The van der Waals surface area contributed by atoms with Crippen molar-refractivity contribution in [1.29, 1.82) is 0 Å². The molecule has 5 atom stereocenters. The van der Waals surface area contributed by atoms with E-state index in [1.54, 1.807) is 20.4 Å². The first-order valence-electron chi connectivity index (χ1n) is 10.00. The van der Waals surface area contributed by atoms with Gasteiger partial charge in [0.25, 0.3) is 5.91 Å². The molecule has 0 aromatic carbocycles. The number of carbonyl (C=O) groups is 1. The van der Waals surface area contributed by atoms with E-state index in [2.05, 4.69) is 6.08 Å². The fourth-order valence-corrected chi connectivity index (χ4v) is 4.93. The number of allylic oxidation sites excluding steroid dienone is 1. The lowest BCUT2D eigenvalue weighted by Gasteiger charge is -2.19. The van der Waals surface area contributed by atoms with E-state index in [4.69, 9.17) is 4.74 Å². The zero-order chi connectivity index (χ0) is 18.7. The van der Waals surface area contributed by atoms with E-state index in [0.717, 1.165) is 32.1 Å². The predicted octanol–water partition coefficient (Wildman–Crippen LogP) is 2.49. The van der Waals surface area contributed by atoms with Crippen LogP contribution in [0.5, 0.6) is 0 Å². The monoisotopic (exact) mass is 363 g/mol. The van der Waals surface area contributed by atoms with Gasteiger partial charge >= 0.3 is 0 Å². The molecule has 3 aliphatic rings. The number of ether oxygens (including phenoxy) is 1. The molecule has 0 radical (unpaired) electrons. The van der Waals surface area contributed by atoms with E-state index in [9.17, 15) is 15.0 Å². The fraction of sp³-hybridized carbons (Fsp3) is 0.762. The number of hydrogen-bond donors (Lipinski definition) is 2. The van der Waals surface area contributed by atoms with Gasteiger partial charge in [-0.05, 0) is 55.4 Å². The Hall–Kier alpha value is -1.33. The van der Waals surface area contributed by atoms with Crippen molar-refractivity contribution in [2.24, 2.45) is 23.7 Å². The summed E-state index contributed by atoms with van der Waals surface area (Å²) in [5.74, 6) is 1.35. The van der Waals surface area contributed by atoms with E-state index >= 15 is 0 Å². The second kappa shape index (κ2) is 8.57. The van der Waals surface area contributed by atoms with E-state index in [1.165, 1.54) is 23.3 Å². The molecular weight excluding hydrogens is 330 g/mol. The highest BCUT2D eigenvalue weighted by molar-refractivity contribution is 5.76. The van der Waals surface area contributed by atoms with Crippen molar-refractivity contribution in [3.05, 3.63) is 24.0 Å². The molecule has 2 N–H and O–H groups in total. The van der Waals surface area contributed by atoms with Gasteiger partial charge in [-0.2, -0.15) is 0 Å². The SMILES string of the molecule is CN(C)C(=O)CO/C=C1\C[C@H]2C[C@@H](O)[C@H](/C=C/[C@@H](O)C3CCCC3)[C@H]2C1. The molecule has 3 fully saturated rings. The zero-order valence-electron chi connectivity index (χ0n) is 16.0. The molecule has 0 bridgehead atoms. The molecule has 0 saturated heterocycles. The maximum Gasteiger partial charge on any atom is 0.259 e. The largest absolute Gasteiger partial charge is 0.491 e. The Kier molecular flexibility index (Phi) is 6.41. The van der Waals surface area contributed by atoms with Gasteiger partial charge in [-0.25, -0.2) is 0 Å². The maximum atomic E-state index is 11.6. The van der Waals surface area contributed by atoms with Crippen molar-refractivity contribution in [3.63, 3.8) is 0 Å². The van der Waals surface area contributed by atoms with Crippen LogP contribution >= 0.6 is 0 Å². The van der Waals surface area contributed by atoms with Gasteiger partial charge in [-0.3, -0.25) is 4.79 Å². The summed E-state index contributed by atoms with van der Waals surface area (Å²) in [5.41, 5.74) is 1.23. The molecular formula is C21H33NO4. The molecule has 0 spiro atoms. The summed E-state index contributed by atoms with van der Waals surface area (Å²) in [6, 6.07) is 0. The smallest absolute Gasteiger partial charge is 0.259 e. The highest BCUT2D eigenvalue weighted by Gasteiger charge is 2.45. The lowest BCUT2D eigenvalue weighted by Crippen LogP contribution is -2.25. The summed E-state index contributed by atoms with van der Waals surface area (Å²) in [7, 11) is 3.44. The van der Waals surface area contributed by atoms with Gasteiger partial charge in [0.05, 0.1) is 18.5 Å². The highest BCUT2D eigenvalue weighted by atomic mass is 16.5. The fourth-order valence-electron chi connectivity index (χ4n) is 4.93.